The number of halogens is 4. The van der Waals surface area contributed by atoms with Gasteiger partial charge in [0.2, 0.25) is 0 Å². The molecule has 2 atom stereocenters. The highest BCUT2D eigenvalue weighted by molar-refractivity contribution is 5.96. The zero-order chi connectivity index (χ0) is 27.9. The second kappa shape index (κ2) is 10.3. The molecule has 3 aromatic rings. The van der Waals surface area contributed by atoms with Crippen LogP contribution in [0, 0.1) is 24.1 Å². The van der Waals surface area contributed by atoms with Gasteiger partial charge in [0.1, 0.15) is 11.9 Å². The maximum Gasteiger partial charge on any atom is 0.433 e. The van der Waals surface area contributed by atoms with E-state index in [4.69, 9.17) is 10.1 Å². The van der Waals surface area contributed by atoms with Gasteiger partial charge < -0.3 is 15.0 Å². The number of carbonyl (C=O) groups excluding carboxylic acids is 1. The molecule has 2 fully saturated rings. The number of rotatable bonds is 7. The maximum atomic E-state index is 13.9. The molecule has 2 N–H and O–H groups in total. The molecule has 2 heterocycles. The van der Waals surface area contributed by atoms with Gasteiger partial charge in [-0.2, -0.15) is 13.2 Å². The average Bonchev–Trinajstić information content (AvgIpc) is 3.68. The van der Waals surface area contributed by atoms with Crippen LogP contribution in [-0.2, 0) is 17.5 Å². The largest absolute Gasteiger partial charge is 0.460 e. The van der Waals surface area contributed by atoms with Crippen LogP contribution in [0.1, 0.15) is 58.5 Å². The Hall–Kier alpha value is -3.95. The summed E-state index contributed by atoms with van der Waals surface area (Å²) >= 11 is 0. The summed E-state index contributed by atoms with van der Waals surface area (Å²) in [5.41, 5.74) is 0.994. The van der Waals surface area contributed by atoms with Gasteiger partial charge in [-0.25, -0.2) is 4.39 Å². The number of ether oxygens (including phenoxy) is 1. The van der Waals surface area contributed by atoms with Crippen molar-refractivity contribution < 1.29 is 27.1 Å². The maximum absolute atomic E-state index is 13.9. The fourth-order valence-electron chi connectivity index (χ4n) is 4.98. The zero-order valence-electron chi connectivity index (χ0n) is 21.5. The molecule has 0 bridgehead atoms. The highest BCUT2D eigenvalue weighted by Gasteiger charge is 2.36. The number of nitrogens with zero attached hydrogens (tertiary/aromatic N) is 2. The summed E-state index contributed by atoms with van der Waals surface area (Å²) in [5.74, 6) is -0.587. The molecular formula is C29H28F4N4O2. The monoisotopic (exact) mass is 540 g/mol. The van der Waals surface area contributed by atoms with Crippen LogP contribution < -0.4 is 5.32 Å². The van der Waals surface area contributed by atoms with Crippen molar-refractivity contribution in [3.8, 4) is 11.1 Å². The third-order valence-electron chi connectivity index (χ3n) is 7.01. The van der Waals surface area contributed by atoms with Crippen molar-refractivity contribution >= 4 is 11.9 Å². The topological polar surface area (TPSA) is 78.3 Å². The summed E-state index contributed by atoms with van der Waals surface area (Å²) in [6.07, 6.45) is -1.98. The van der Waals surface area contributed by atoms with E-state index in [0.717, 1.165) is 24.6 Å². The predicted octanol–water partition coefficient (Wildman–Crippen LogP) is 6.25. The molecule has 10 heteroatoms. The SMILES string of the molecule is Cc1cc(C(NC(=O)c2cc(CN3C[C@H](C)OC3=N)cc(-c3cccnc3C(F)(F)F)c2)C2CC2)ccc1F. The van der Waals surface area contributed by atoms with Gasteiger partial charge in [0.15, 0.2) is 5.69 Å². The third-order valence-corrected chi connectivity index (χ3v) is 7.01. The molecule has 204 valence electrons. The van der Waals surface area contributed by atoms with Crippen molar-refractivity contribution in [2.75, 3.05) is 6.54 Å². The molecule has 1 amide bonds. The number of amides is 1. The van der Waals surface area contributed by atoms with E-state index >= 15 is 0 Å². The molecule has 1 aliphatic heterocycles. The van der Waals surface area contributed by atoms with Crippen LogP contribution in [0.3, 0.4) is 0 Å². The van der Waals surface area contributed by atoms with Crippen LogP contribution in [0.25, 0.3) is 11.1 Å². The van der Waals surface area contributed by atoms with Crippen LogP contribution in [0.4, 0.5) is 17.6 Å². The van der Waals surface area contributed by atoms with Gasteiger partial charge in [-0.15, -0.1) is 0 Å². The van der Waals surface area contributed by atoms with Crippen molar-refractivity contribution in [1.29, 1.82) is 5.41 Å². The molecule has 1 saturated heterocycles. The molecule has 1 unspecified atom stereocenters. The van der Waals surface area contributed by atoms with E-state index in [1.54, 1.807) is 36.1 Å². The Kier molecular flexibility index (Phi) is 7.05. The number of benzene rings is 2. The van der Waals surface area contributed by atoms with E-state index < -0.39 is 17.8 Å². The van der Waals surface area contributed by atoms with Crippen molar-refractivity contribution in [3.05, 3.63) is 88.5 Å². The van der Waals surface area contributed by atoms with Crippen molar-refractivity contribution in [1.82, 2.24) is 15.2 Å². The molecule has 39 heavy (non-hydrogen) atoms. The van der Waals surface area contributed by atoms with Crippen LogP contribution >= 0.6 is 0 Å². The Labute approximate surface area is 223 Å². The smallest absolute Gasteiger partial charge is 0.433 e. The summed E-state index contributed by atoms with van der Waals surface area (Å²) in [5, 5.41) is 11.1. The van der Waals surface area contributed by atoms with E-state index in [9.17, 15) is 22.4 Å². The summed E-state index contributed by atoms with van der Waals surface area (Å²) in [6.45, 7) is 4.11. The van der Waals surface area contributed by atoms with Crippen molar-refractivity contribution in [2.45, 2.75) is 51.6 Å². The molecule has 1 saturated carbocycles. The first-order valence-corrected chi connectivity index (χ1v) is 12.7. The summed E-state index contributed by atoms with van der Waals surface area (Å²) < 4.78 is 60.7. The number of hydrogen-bond donors (Lipinski definition) is 2. The number of hydrogen-bond acceptors (Lipinski definition) is 4. The molecule has 2 aliphatic rings. The van der Waals surface area contributed by atoms with E-state index in [0.29, 0.717) is 17.7 Å². The van der Waals surface area contributed by atoms with Gasteiger partial charge in [-0.3, -0.25) is 15.2 Å². The Morgan fingerprint density at radius 3 is 2.62 bits per heavy atom. The fraction of sp³-hybridized carbons (Fsp3) is 0.345. The number of aryl methyl sites for hydroxylation is 1. The molecule has 2 aromatic carbocycles. The fourth-order valence-corrected chi connectivity index (χ4v) is 4.98. The second-order valence-electron chi connectivity index (χ2n) is 10.2. The summed E-state index contributed by atoms with van der Waals surface area (Å²) in [7, 11) is 0. The minimum atomic E-state index is -4.69. The van der Waals surface area contributed by atoms with E-state index in [2.05, 4.69) is 10.3 Å². The summed E-state index contributed by atoms with van der Waals surface area (Å²) in [6, 6.07) is 11.7. The number of amidine groups is 1. The van der Waals surface area contributed by atoms with Crippen LogP contribution in [0.5, 0.6) is 0 Å². The highest BCUT2D eigenvalue weighted by atomic mass is 19.4. The minimum absolute atomic E-state index is 0.0308. The molecule has 0 spiro atoms. The van der Waals surface area contributed by atoms with Crippen LogP contribution in [0.2, 0.25) is 0 Å². The number of alkyl halides is 3. The number of aromatic nitrogens is 1. The second-order valence-corrected chi connectivity index (χ2v) is 10.2. The Morgan fingerprint density at radius 2 is 1.97 bits per heavy atom. The lowest BCUT2D eigenvalue weighted by molar-refractivity contribution is -0.140. The van der Waals surface area contributed by atoms with Gasteiger partial charge in [0.05, 0.1) is 12.6 Å². The predicted molar refractivity (Wildman–Crippen MR) is 137 cm³/mol. The third kappa shape index (κ3) is 5.89. The normalized spacial score (nSPS) is 18.2. The number of nitrogens with one attached hydrogen (secondary N) is 2. The Morgan fingerprint density at radius 1 is 1.21 bits per heavy atom. The van der Waals surface area contributed by atoms with Crippen LogP contribution in [0.15, 0.2) is 54.7 Å². The van der Waals surface area contributed by atoms with Gasteiger partial charge in [0, 0.05) is 23.9 Å². The molecule has 6 nitrogen and oxygen atoms in total. The van der Waals surface area contributed by atoms with Crippen molar-refractivity contribution in [2.24, 2.45) is 5.92 Å². The first kappa shape index (κ1) is 26.6. The van der Waals surface area contributed by atoms with Gasteiger partial charge >= 0.3 is 6.18 Å². The Bertz CT molecular complexity index is 1420. The molecule has 5 rings (SSSR count). The zero-order valence-corrected chi connectivity index (χ0v) is 21.5. The highest BCUT2D eigenvalue weighted by Crippen LogP contribution is 2.42. The van der Waals surface area contributed by atoms with E-state index in [1.807, 2.05) is 6.92 Å². The number of pyridine rings is 1. The minimum Gasteiger partial charge on any atom is -0.460 e. The van der Waals surface area contributed by atoms with Gasteiger partial charge in [-0.05, 0) is 85.2 Å². The lowest BCUT2D eigenvalue weighted by Crippen LogP contribution is -2.30. The quantitative estimate of drug-likeness (QED) is 0.347. The Balaban J connectivity index is 1.52. The van der Waals surface area contributed by atoms with Crippen molar-refractivity contribution in [3.63, 3.8) is 0 Å². The molecular weight excluding hydrogens is 512 g/mol. The lowest BCUT2D eigenvalue weighted by atomic mass is 9.96. The number of carbonyl (C=O) groups is 1. The lowest BCUT2D eigenvalue weighted by Gasteiger charge is -2.21. The van der Waals surface area contributed by atoms with Gasteiger partial charge in [-0.1, -0.05) is 18.2 Å². The molecule has 1 aromatic heterocycles. The van der Waals surface area contributed by atoms with Gasteiger partial charge in [0.25, 0.3) is 11.9 Å². The molecule has 0 radical (unpaired) electrons. The standard InChI is InChI=1S/C29H28F4N4O2/c1-16-10-20(7-8-24(16)30)25(19-5-6-19)36-27(38)22-12-18(15-37-14-17(2)39-28(37)34)11-21(13-22)23-4-3-9-35-26(23)29(31,32)33/h3-4,7-13,17,19,25,34H,5-6,14-15H2,1-2H3,(H,36,38)/t17-,25?/m0/s1. The van der Waals surface area contributed by atoms with Crippen LogP contribution in [-0.4, -0.2) is 34.5 Å². The average molecular weight is 541 g/mol. The van der Waals surface area contributed by atoms with E-state index in [1.165, 1.54) is 24.3 Å². The first-order chi connectivity index (χ1) is 18.5. The van der Waals surface area contributed by atoms with E-state index in [-0.39, 0.29) is 53.1 Å². The molecule has 1 aliphatic carbocycles. The summed E-state index contributed by atoms with van der Waals surface area (Å²) in [4.78, 5) is 18.8. The first-order valence-electron chi connectivity index (χ1n) is 12.7.